The maximum Gasteiger partial charge on any atom is 0.433 e. The Bertz CT molecular complexity index is 1420. The van der Waals surface area contributed by atoms with E-state index in [4.69, 9.17) is 5.26 Å². The molecular formula is C25H24F3N5O2S. The average molecular weight is 516 g/mol. The number of amides is 1. The van der Waals surface area contributed by atoms with E-state index in [1.807, 2.05) is 32.2 Å². The number of nitriles is 1. The molecule has 3 aromatic rings. The number of hydrogen-bond acceptors (Lipinski definition) is 5. The maximum atomic E-state index is 13.3. The first-order chi connectivity index (χ1) is 16.9. The van der Waals surface area contributed by atoms with Crippen molar-refractivity contribution in [2.75, 3.05) is 6.26 Å². The summed E-state index contributed by atoms with van der Waals surface area (Å²) in [4.78, 5) is 30.6. The quantitative estimate of drug-likeness (QED) is 0.466. The lowest BCUT2D eigenvalue weighted by Gasteiger charge is -2.20. The third kappa shape index (κ3) is 5.88. The minimum Gasteiger partial charge on any atom is -0.348 e. The van der Waals surface area contributed by atoms with Crippen molar-refractivity contribution < 1.29 is 18.0 Å². The standard InChI is InChI=1S/C25H24F3N5O2S/c1-15(2)33-13-20(24(35)31-12-17-5-7-19(8-6-17)36(4)32-14-29)23(34)22(16(33)3)18-9-10-30-21(11-18)25(26,27)28/h5-11,13,15H,12H2,1-4H3,(H,31,35). The van der Waals surface area contributed by atoms with E-state index in [2.05, 4.69) is 14.7 Å². The summed E-state index contributed by atoms with van der Waals surface area (Å²) >= 11 is 0. The second kappa shape index (κ2) is 10.9. The monoisotopic (exact) mass is 515 g/mol. The minimum absolute atomic E-state index is 0.0184. The van der Waals surface area contributed by atoms with Crippen LogP contribution in [0.2, 0.25) is 0 Å². The summed E-state index contributed by atoms with van der Waals surface area (Å²) in [6, 6.07) is 9.17. The topological polar surface area (TPSA) is 100 Å². The molecule has 0 aliphatic rings. The molecule has 2 aromatic heterocycles. The Morgan fingerprint density at radius 2 is 1.92 bits per heavy atom. The van der Waals surface area contributed by atoms with Crippen LogP contribution < -0.4 is 10.7 Å². The predicted octanol–water partition coefficient (Wildman–Crippen LogP) is 5.02. The molecule has 0 bridgehead atoms. The summed E-state index contributed by atoms with van der Waals surface area (Å²) in [6.45, 7) is 5.45. The zero-order valence-corrected chi connectivity index (χ0v) is 20.9. The lowest BCUT2D eigenvalue weighted by atomic mass is 10.0. The predicted molar refractivity (Wildman–Crippen MR) is 131 cm³/mol. The van der Waals surface area contributed by atoms with Crippen molar-refractivity contribution >= 4 is 16.6 Å². The van der Waals surface area contributed by atoms with Crippen molar-refractivity contribution in [3.05, 3.63) is 81.5 Å². The number of alkyl halides is 3. The Labute approximate surface area is 208 Å². The van der Waals surface area contributed by atoms with Gasteiger partial charge in [0.2, 0.25) is 11.6 Å². The number of benzene rings is 1. The van der Waals surface area contributed by atoms with Gasteiger partial charge in [-0.05, 0) is 62.4 Å². The molecule has 36 heavy (non-hydrogen) atoms. The molecule has 1 amide bonds. The highest BCUT2D eigenvalue weighted by molar-refractivity contribution is 7.86. The van der Waals surface area contributed by atoms with E-state index in [1.165, 1.54) is 12.3 Å². The van der Waals surface area contributed by atoms with Crippen molar-refractivity contribution in [3.63, 3.8) is 0 Å². The van der Waals surface area contributed by atoms with Crippen LogP contribution in [-0.4, -0.2) is 21.7 Å². The molecule has 0 saturated heterocycles. The number of aromatic nitrogens is 2. The van der Waals surface area contributed by atoms with Crippen LogP contribution in [0.3, 0.4) is 0 Å². The fourth-order valence-electron chi connectivity index (χ4n) is 3.70. The maximum absolute atomic E-state index is 13.3. The molecule has 7 nitrogen and oxygen atoms in total. The van der Waals surface area contributed by atoms with E-state index in [0.29, 0.717) is 5.69 Å². The Morgan fingerprint density at radius 1 is 1.25 bits per heavy atom. The van der Waals surface area contributed by atoms with Crippen LogP contribution in [0.4, 0.5) is 13.2 Å². The molecule has 0 aliphatic carbocycles. The van der Waals surface area contributed by atoms with Crippen molar-refractivity contribution in [3.8, 4) is 17.3 Å². The van der Waals surface area contributed by atoms with Crippen LogP contribution in [0.25, 0.3) is 11.1 Å². The number of rotatable bonds is 6. The Kier molecular flexibility index (Phi) is 8.10. The highest BCUT2D eigenvalue weighted by Crippen LogP contribution is 2.31. The summed E-state index contributed by atoms with van der Waals surface area (Å²) < 4.78 is 45.2. The van der Waals surface area contributed by atoms with Crippen LogP contribution >= 0.6 is 0 Å². The second-order valence-electron chi connectivity index (χ2n) is 8.26. The molecule has 0 aliphatic heterocycles. The zero-order valence-electron chi connectivity index (χ0n) is 20.1. The number of nitrogens with one attached hydrogen (secondary N) is 1. The lowest BCUT2D eigenvalue weighted by Crippen LogP contribution is -2.31. The molecule has 2 heterocycles. The van der Waals surface area contributed by atoms with Gasteiger partial charge in [0.15, 0.2) is 0 Å². The van der Waals surface area contributed by atoms with Crippen molar-refractivity contribution in [2.45, 2.75) is 44.4 Å². The van der Waals surface area contributed by atoms with Gasteiger partial charge in [0, 0.05) is 41.1 Å². The third-order valence-corrected chi connectivity index (χ3v) is 6.83. The molecule has 1 N–H and O–H groups in total. The molecule has 3 rings (SSSR count). The molecule has 1 aromatic carbocycles. The van der Waals surface area contributed by atoms with Gasteiger partial charge in [0.1, 0.15) is 11.3 Å². The largest absolute Gasteiger partial charge is 0.433 e. The first kappa shape index (κ1) is 26.8. The summed E-state index contributed by atoms with van der Waals surface area (Å²) in [6.07, 6.45) is 1.35. The first-order valence-corrected chi connectivity index (χ1v) is 12.5. The fraction of sp³-hybridized carbons (Fsp3) is 0.280. The smallest absolute Gasteiger partial charge is 0.348 e. The van der Waals surface area contributed by atoms with Crippen LogP contribution in [0.5, 0.6) is 0 Å². The lowest BCUT2D eigenvalue weighted by molar-refractivity contribution is -0.141. The summed E-state index contributed by atoms with van der Waals surface area (Å²) in [5, 5.41) is 11.4. The summed E-state index contributed by atoms with van der Waals surface area (Å²) in [7, 11) is -0.567. The molecule has 0 saturated carbocycles. The van der Waals surface area contributed by atoms with Gasteiger partial charge in [-0.15, -0.1) is 4.36 Å². The minimum atomic E-state index is -4.67. The molecule has 0 radical (unpaired) electrons. The van der Waals surface area contributed by atoms with Crippen LogP contribution in [0, 0.1) is 18.4 Å². The number of carbonyl (C=O) groups is 1. The van der Waals surface area contributed by atoms with Gasteiger partial charge < -0.3 is 9.88 Å². The molecular weight excluding hydrogens is 491 g/mol. The average Bonchev–Trinajstić information content (AvgIpc) is 2.82. The van der Waals surface area contributed by atoms with Crippen molar-refractivity contribution in [1.29, 1.82) is 5.26 Å². The molecule has 0 spiro atoms. The second-order valence-corrected chi connectivity index (χ2v) is 9.87. The normalized spacial score (nSPS) is 12.4. The number of nitrogens with zero attached hydrogens (tertiary/aromatic N) is 4. The van der Waals surface area contributed by atoms with Crippen molar-refractivity contribution in [1.82, 2.24) is 14.9 Å². The van der Waals surface area contributed by atoms with E-state index in [1.54, 1.807) is 29.8 Å². The Morgan fingerprint density at radius 3 is 2.50 bits per heavy atom. The van der Waals surface area contributed by atoms with Gasteiger partial charge in [-0.3, -0.25) is 14.6 Å². The molecule has 0 fully saturated rings. The third-order valence-electron chi connectivity index (χ3n) is 5.52. The van der Waals surface area contributed by atoms with E-state index < -0.39 is 33.9 Å². The molecule has 11 heteroatoms. The number of halogens is 3. The molecule has 1 atom stereocenters. The first-order valence-electron chi connectivity index (χ1n) is 10.9. The SMILES string of the molecule is Cc1c(-c2ccnc(C(F)(F)F)c2)c(=O)c(C(=O)NCc2ccc(S(C)=NC#N)cc2)cn1C(C)C. The summed E-state index contributed by atoms with van der Waals surface area (Å²) in [5.41, 5.74) is -0.688. The van der Waals surface area contributed by atoms with Gasteiger partial charge in [0.05, 0.1) is 0 Å². The van der Waals surface area contributed by atoms with Crippen LogP contribution in [-0.2, 0) is 23.4 Å². The van der Waals surface area contributed by atoms with Gasteiger partial charge in [-0.1, -0.05) is 22.8 Å². The van der Waals surface area contributed by atoms with Crippen LogP contribution in [0.1, 0.15) is 47.2 Å². The van der Waals surface area contributed by atoms with E-state index in [-0.39, 0.29) is 29.3 Å². The van der Waals surface area contributed by atoms with E-state index >= 15 is 0 Å². The molecule has 188 valence electrons. The fourth-order valence-corrected chi connectivity index (χ4v) is 4.46. The Hall–Kier alpha value is -3.78. The van der Waals surface area contributed by atoms with E-state index in [9.17, 15) is 22.8 Å². The summed E-state index contributed by atoms with van der Waals surface area (Å²) in [5.74, 6) is -0.639. The number of pyridine rings is 2. The highest BCUT2D eigenvalue weighted by Gasteiger charge is 2.33. The Balaban J connectivity index is 1.97. The van der Waals surface area contributed by atoms with E-state index in [0.717, 1.165) is 22.7 Å². The van der Waals surface area contributed by atoms with Crippen molar-refractivity contribution in [2.24, 2.45) is 4.36 Å². The number of hydrogen-bond donors (Lipinski definition) is 1. The van der Waals surface area contributed by atoms with Gasteiger partial charge in [-0.2, -0.15) is 18.4 Å². The van der Waals surface area contributed by atoms with Crippen LogP contribution in [0.15, 0.2) is 62.8 Å². The number of carbonyl (C=O) groups excluding carboxylic acids is 1. The van der Waals surface area contributed by atoms with Gasteiger partial charge in [-0.25, -0.2) is 0 Å². The van der Waals surface area contributed by atoms with Gasteiger partial charge in [0.25, 0.3) is 5.91 Å². The molecule has 1 unspecified atom stereocenters. The zero-order chi connectivity index (χ0) is 26.6. The highest BCUT2D eigenvalue weighted by atomic mass is 32.2. The van der Waals surface area contributed by atoms with Gasteiger partial charge >= 0.3 is 6.18 Å².